The van der Waals surface area contributed by atoms with Crippen molar-refractivity contribution in [1.82, 2.24) is 4.90 Å². The van der Waals surface area contributed by atoms with Gasteiger partial charge in [0.1, 0.15) is 11.6 Å². The van der Waals surface area contributed by atoms with Crippen molar-refractivity contribution in [3.63, 3.8) is 0 Å². The molecule has 1 amide bonds. The van der Waals surface area contributed by atoms with Crippen LogP contribution in [0.15, 0.2) is 23.4 Å². The van der Waals surface area contributed by atoms with Crippen molar-refractivity contribution in [1.29, 1.82) is 0 Å². The summed E-state index contributed by atoms with van der Waals surface area (Å²) < 4.78 is 26.8. The average Bonchev–Trinajstić information content (AvgIpc) is 3.24. The van der Waals surface area contributed by atoms with Crippen LogP contribution in [0.5, 0.6) is 0 Å². The van der Waals surface area contributed by atoms with Gasteiger partial charge in [0.05, 0.1) is 12.3 Å². The first-order valence-corrected chi connectivity index (χ1v) is 8.95. The molecule has 1 aromatic carbocycles. The van der Waals surface area contributed by atoms with Gasteiger partial charge in [-0.15, -0.1) is 0 Å². The molecule has 4 nitrogen and oxygen atoms in total. The number of halogens is 2. The summed E-state index contributed by atoms with van der Waals surface area (Å²) in [6, 6.07) is 3.41. The van der Waals surface area contributed by atoms with Gasteiger partial charge in [-0.1, -0.05) is 30.8 Å². The van der Waals surface area contributed by atoms with Crippen LogP contribution < -0.4 is 0 Å². The van der Waals surface area contributed by atoms with Crippen molar-refractivity contribution in [2.24, 2.45) is 11.1 Å². The molecule has 1 unspecified atom stereocenters. The quantitative estimate of drug-likeness (QED) is 0.781. The van der Waals surface area contributed by atoms with E-state index in [-0.39, 0.29) is 17.6 Å². The molecular formula is C19H24F2N2O2. The summed E-state index contributed by atoms with van der Waals surface area (Å²) in [7, 11) is 1.76. The second-order valence-corrected chi connectivity index (χ2v) is 7.06. The number of carbonyl (C=O) groups is 1. The highest BCUT2D eigenvalue weighted by Crippen LogP contribution is 2.28. The molecule has 3 rings (SSSR count). The van der Waals surface area contributed by atoms with Crippen LogP contribution in [0.2, 0.25) is 0 Å². The van der Waals surface area contributed by atoms with Crippen molar-refractivity contribution < 1.29 is 18.4 Å². The molecule has 1 fully saturated rings. The zero-order valence-corrected chi connectivity index (χ0v) is 14.5. The molecule has 1 atom stereocenters. The third-order valence-electron chi connectivity index (χ3n) is 5.12. The van der Waals surface area contributed by atoms with Crippen LogP contribution in [0.4, 0.5) is 8.78 Å². The van der Waals surface area contributed by atoms with Gasteiger partial charge in [0.2, 0.25) is 5.91 Å². The van der Waals surface area contributed by atoms with Crippen molar-refractivity contribution in [3.8, 4) is 0 Å². The lowest BCUT2D eigenvalue weighted by atomic mass is 10.0. The lowest BCUT2D eigenvalue weighted by Gasteiger charge is -2.20. The number of nitrogens with zero attached hydrogens (tertiary/aromatic N) is 2. The van der Waals surface area contributed by atoms with E-state index < -0.39 is 11.6 Å². The fourth-order valence-corrected chi connectivity index (χ4v) is 3.63. The molecule has 1 aliphatic heterocycles. The molecule has 1 aromatic rings. The maximum Gasteiger partial charge on any atom is 0.222 e. The topological polar surface area (TPSA) is 41.9 Å². The Labute approximate surface area is 146 Å². The van der Waals surface area contributed by atoms with Crippen LogP contribution in [0.25, 0.3) is 0 Å². The standard InChI is InChI=1S/C19H24F2N2O2/c1-23(19(24)9-6-13-4-2-3-5-13)12-15-11-18(22-25-15)16-8-7-14(20)10-17(16)21/h7-8,10,13,15H,2-6,9,11-12H2,1H3. The minimum atomic E-state index is -0.649. The maximum absolute atomic E-state index is 13.8. The Morgan fingerprint density at radius 3 is 2.80 bits per heavy atom. The molecule has 0 spiro atoms. The number of amides is 1. The summed E-state index contributed by atoms with van der Waals surface area (Å²) in [4.78, 5) is 19.3. The molecule has 1 aliphatic carbocycles. The van der Waals surface area contributed by atoms with Crippen LogP contribution in [0.3, 0.4) is 0 Å². The molecule has 0 radical (unpaired) electrons. The third kappa shape index (κ3) is 4.55. The first-order valence-electron chi connectivity index (χ1n) is 8.95. The normalized spacial score (nSPS) is 20.4. The SMILES string of the molecule is CN(CC1CC(c2ccc(F)cc2F)=NO1)C(=O)CCC1CCCC1. The molecule has 6 heteroatoms. The number of hydrogen-bond acceptors (Lipinski definition) is 3. The van der Waals surface area contributed by atoms with Gasteiger partial charge >= 0.3 is 0 Å². The van der Waals surface area contributed by atoms with Crippen molar-refractivity contribution in [2.75, 3.05) is 13.6 Å². The predicted octanol–water partition coefficient (Wildman–Crippen LogP) is 3.89. The zero-order valence-electron chi connectivity index (χ0n) is 14.5. The number of likely N-dealkylation sites (N-methyl/N-ethyl adjacent to an activating group) is 1. The number of carbonyl (C=O) groups excluding carboxylic acids is 1. The fraction of sp³-hybridized carbons (Fsp3) is 0.579. The van der Waals surface area contributed by atoms with E-state index in [0.29, 0.717) is 31.0 Å². The van der Waals surface area contributed by atoms with E-state index >= 15 is 0 Å². The van der Waals surface area contributed by atoms with E-state index in [1.54, 1.807) is 11.9 Å². The minimum Gasteiger partial charge on any atom is -0.390 e. The highest BCUT2D eigenvalue weighted by molar-refractivity contribution is 6.01. The highest BCUT2D eigenvalue weighted by Gasteiger charge is 2.27. The summed E-state index contributed by atoms with van der Waals surface area (Å²) in [6.07, 6.45) is 6.68. The monoisotopic (exact) mass is 350 g/mol. The molecule has 2 aliphatic rings. The minimum absolute atomic E-state index is 0.108. The van der Waals surface area contributed by atoms with E-state index in [1.807, 2.05) is 0 Å². The molecule has 25 heavy (non-hydrogen) atoms. The van der Waals surface area contributed by atoms with Crippen molar-refractivity contribution in [3.05, 3.63) is 35.4 Å². The summed E-state index contributed by atoms with van der Waals surface area (Å²) in [5.74, 6) is -0.470. The first-order chi connectivity index (χ1) is 12.0. The molecule has 136 valence electrons. The van der Waals surface area contributed by atoms with E-state index in [2.05, 4.69) is 5.16 Å². The van der Waals surface area contributed by atoms with Gasteiger partial charge in [0.25, 0.3) is 0 Å². The lowest BCUT2D eigenvalue weighted by Crippen LogP contribution is -2.34. The van der Waals surface area contributed by atoms with Crippen LogP contribution in [-0.2, 0) is 9.63 Å². The zero-order chi connectivity index (χ0) is 17.8. The lowest BCUT2D eigenvalue weighted by molar-refractivity contribution is -0.131. The van der Waals surface area contributed by atoms with Gasteiger partial charge in [-0.25, -0.2) is 8.78 Å². The Morgan fingerprint density at radius 1 is 1.32 bits per heavy atom. The van der Waals surface area contributed by atoms with Crippen LogP contribution in [0.1, 0.15) is 50.5 Å². The molecule has 1 heterocycles. The number of benzene rings is 1. The molecule has 1 saturated carbocycles. The maximum atomic E-state index is 13.8. The number of oxime groups is 1. The van der Waals surface area contributed by atoms with Crippen LogP contribution in [-0.4, -0.2) is 36.2 Å². The fourth-order valence-electron chi connectivity index (χ4n) is 3.63. The van der Waals surface area contributed by atoms with Crippen molar-refractivity contribution >= 4 is 11.6 Å². The largest absolute Gasteiger partial charge is 0.390 e. The van der Waals surface area contributed by atoms with E-state index in [1.165, 1.54) is 37.8 Å². The second kappa shape index (κ2) is 7.93. The van der Waals surface area contributed by atoms with Crippen molar-refractivity contribution in [2.45, 2.75) is 51.0 Å². The molecule has 0 aromatic heterocycles. The van der Waals surface area contributed by atoms with Gasteiger partial charge < -0.3 is 9.74 Å². The molecule has 0 bridgehead atoms. The van der Waals surface area contributed by atoms with Gasteiger partial charge in [-0.3, -0.25) is 4.79 Å². The highest BCUT2D eigenvalue weighted by atomic mass is 19.1. The molecular weight excluding hydrogens is 326 g/mol. The van der Waals surface area contributed by atoms with E-state index in [4.69, 9.17) is 4.84 Å². The average molecular weight is 350 g/mol. The van der Waals surface area contributed by atoms with Gasteiger partial charge in [0, 0.05) is 31.5 Å². The summed E-state index contributed by atoms with van der Waals surface area (Å²) in [5, 5.41) is 3.92. The van der Waals surface area contributed by atoms with E-state index in [9.17, 15) is 13.6 Å². The van der Waals surface area contributed by atoms with Gasteiger partial charge in [-0.2, -0.15) is 0 Å². The molecule has 0 N–H and O–H groups in total. The number of rotatable bonds is 6. The Bertz CT molecular complexity index is 657. The Morgan fingerprint density at radius 2 is 2.08 bits per heavy atom. The summed E-state index contributed by atoms with van der Waals surface area (Å²) >= 11 is 0. The Balaban J connectivity index is 1.47. The van der Waals surface area contributed by atoms with Crippen LogP contribution >= 0.6 is 0 Å². The second-order valence-electron chi connectivity index (χ2n) is 7.06. The third-order valence-corrected chi connectivity index (χ3v) is 5.12. The Kier molecular flexibility index (Phi) is 5.66. The molecule has 0 saturated heterocycles. The van der Waals surface area contributed by atoms with Gasteiger partial charge in [0.15, 0.2) is 6.10 Å². The van der Waals surface area contributed by atoms with Crippen LogP contribution in [0, 0.1) is 17.6 Å². The van der Waals surface area contributed by atoms with Gasteiger partial charge in [-0.05, 0) is 24.5 Å². The number of hydrogen-bond donors (Lipinski definition) is 0. The Hall–Kier alpha value is -1.98. The summed E-state index contributed by atoms with van der Waals surface area (Å²) in [5.41, 5.74) is 0.702. The first kappa shape index (κ1) is 17.8. The predicted molar refractivity (Wildman–Crippen MR) is 91.2 cm³/mol. The smallest absolute Gasteiger partial charge is 0.222 e. The van der Waals surface area contributed by atoms with E-state index in [0.717, 1.165) is 12.5 Å². The summed E-state index contributed by atoms with van der Waals surface area (Å²) in [6.45, 7) is 0.416.